The monoisotopic (exact) mass is 169 g/mol. The van der Waals surface area contributed by atoms with Crippen molar-refractivity contribution in [1.82, 2.24) is 5.32 Å². The summed E-state index contributed by atoms with van der Waals surface area (Å²) in [5, 5.41) is 3.48. The van der Waals surface area contributed by atoms with Crippen LogP contribution in [0.2, 0.25) is 0 Å². The minimum absolute atomic E-state index is 0.576. The second-order valence-corrected chi connectivity index (χ2v) is 3.33. The molecule has 1 atom stereocenters. The quantitative estimate of drug-likeness (QED) is 0.511. The van der Waals surface area contributed by atoms with Gasteiger partial charge in [0.25, 0.3) is 0 Å². The van der Waals surface area contributed by atoms with Crippen LogP contribution in [0.1, 0.15) is 25.7 Å². The Morgan fingerprint density at radius 3 is 3.17 bits per heavy atom. The van der Waals surface area contributed by atoms with Crippen LogP contribution in [-0.4, -0.2) is 25.8 Å². The maximum absolute atomic E-state index is 5.40. The number of hydrogen-bond donors (Lipinski definition) is 1. The molecule has 0 bridgehead atoms. The van der Waals surface area contributed by atoms with E-state index in [2.05, 4.69) is 11.9 Å². The molecule has 1 rings (SSSR count). The molecule has 0 aromatic heterocycles. The van der Waals surface area contributed by atoms with Gasteiger partial charge < -0.3 is 10.1 Å². The average molecular weight is 169 g/mol. The molecular weight excluding hydrogens is 150 g/mol. The van der Waals surface area contributed by atoms with Gasteiger partial charge in [-0.05, 0) is 19.4 Å². The van der Waals surface area contributed by atoms with Gasteiger partial charge in [-0.15, -0.1) is 6.58 Å². The van der Waals surface area contributed by atoms with E-state index in [1.165, 1.54) is 25.7 Å². The van der Waals surface area contributed by atoms with Crippen LogP contribution in [-0.2, 0) is 4.74 Å². The minimum Gasteiger partial charge on any atom is -0.376 e. The smallest absolute Gasteiger partial charge is 0.0645 e. The molecule has 0 spiro atoms. The molecule has 0 aliphatic carbocycles. The Bertz CT molecular complexity index is 117. The van der Waals surface area contributed by atoms with E-state index >= 15 is 0 Å². The third-order valence-corrected chi connectivity index (χ3v) is 2.22. The van der Waals surface area contributed by atoms with Crippen molar-refractivity contribution < 1.29 is 4.74 Å². The summed E-state index contributed by atoms with van der Waals surface area (Å²) < 4.78 is 5.40. The van der Waals surface area contributed by atoms with E-state index in [1.807, 2.05) is 0 Å². The summed E-state index contributed by atoms with van der Waals surface area (Å²) in [6.45, 7) is 6.29. The summed E-state index contributed by atoms with van der Waals surface area (Å²) >= 11 is 0. The van der Waals surface area contributed by atoms with Gasteiger partial charge in [-0.3, -0.25) is 0 Å². The first-order valence-electron chi connectivity index (χ1n) is 4.85. The highest BCUT2D eigenvalue weighted by molar-refractivity contribution is 4.71. The fraction of sp³-hybridized carbons (Fsp3) is 0.800. The summed E-state index contributed by atoms with van der Waals surface area (Å²) in [7, 11) is 0. The molecule has 0 aromatic carbocycles. The van der Waals surface area contributed by atoms with E-state index in [1.54, 1.807) is 6.08 Å². The van der Waals surface area contributed by atoms with Gasteiger partial charge in [0.2, 0.25) is 0 Å². The van der Waals surface area contributed by atoms with E-state index in [-0.39, 0.29) is 0 Å². The van der Waals surface area contributed by atoms with Crippen LogP contribution in [0.5, 0.6) is 0 Å². The SMILES string of the molecule is C=CCOCC1CCCCCN1. The first-order chi connectivity index (χ1) is 5.93. The van der Waals surface area contributed by atoms with Crippen LogP contribution < -0.4 is 5.32 Å². The Hall–Kier alpha value is -0.340. The molecule has 0 radical (unpaired) electrons. The Morgan fingerprint density at radius 1 is 1.42 bits per heavy atom. The zero-order chi connectivity index (χ0) is 8.65. The molecule has 1 unspecified atom stereocenters. The standard InChI is InChI=1S/C10H19NO/c1-2-8-12-9-10-6-4-3-5-7-11-10/h2,10-11H,1,3-9H2. The molecule has 1 fully saturated rings. The largest absolute Gasteiger partial charge is 0.376 e. The number of ether oxygens (including phenoxy) is 1. The molecule has 1 saturated heterocycles. The van der Waals surface area contributed by atoms with Crippen molar-refractivity contribution in [1.29, 1.82) is 0 Å². The van der Waals surface area contributed by atoms with Crippen LogP contribution in [0, 0.1) is 0 Å². The minimum atomic E-state index is 0.576. The fourth-order valence-electron chi connectivity index (χ4n) is 1.54. The summed E-state index contributed by atoms with van der Waals surface area (Å²) in [6.07, 6.45) is 7.09. The van der Waals surface area contributed by atoms with Gasteiger partial charge in [0, 0.05) is 6.04 Å². The van der Waals surface area contributed by atoms with Gasteiger partial charge in [0.05, 0.1) is 13.2 Å². The molecule has 12 heavy (non-hydrogen) atoms. The first kappa shape index (κ1) is 9.75. The third-order valence-electron chi connectivity index (χ3n) is 2.22. The predicted octanol–water partition coefficient (Wildman–Crippen LogP) is 1.72. The van der Waals surface area contributed by atoms with E-state index in [4.69, 9.17) is 4.74 Å². The molecule has 0 amide bonds. The molecule has 0 aromatic rings. The highest BCUT2D eigenvalue weighted by Gasteiger charge is 2.10. The third kappa shape index (κ3) is 3.88. The topological polar surface area (TPSA) is 21.3 Å². The summed E-state index contributed by atoms with van der Waals surface area (Å²) in [4.78, 5) is 0. The highest BCUT2D eigenvalue weighted by atomic mass is 16.5. The van der Waals surface area contributed by atoms with Crippen LogP contribution in [0.25, 0.3) is 0 Å². The van der Waals surface area contributed by atoms with Gasteiger partial charge in [-0.2, -0.15) is 0 Å². The molecule has 1 aliphatic heterocycles. The Labute approximate surface area is 75.0 Å². The van der Waals surface area contributed by atoms with Gasteiger partial charge in [0.15, 0.2) is 0 Å². The first-order valence-corrected chi connectivity index (χ1v) is 4.85. The van der Waals surface area contributed by atoms with Crippen molar-refractivity contribution in [2.24, 2.45) is 0 Å². The lowest BCUT2D eigenvalue weighted by Gasteiger charge is -2.14. The van der Waals surface area contributed by atoms with Crippen molar-refractivity contribution in [3.05, 3.63) is 12.7 Å². The normalized spacial score (nSPS) is 24.8. The second kappa shape index (κ2) is 6.21. The fourth-order valence-corrected chi connectivity index (χ4v) is 1.54. The predicted molar refractivity (Wildman–Crippen MR) is 51.3 cm³/mol. The lowest BCUT2D eigenvalue weighted by molar-refractivity contribution is 0.134. The zero-order valence-corrected chi connectivity index (χ0v) is 7.72. The summed E-state index contributed by atoms with van der Waals surface area (Å²) in [5.41, 5.74) is 0. The maximum atomic E-state index is 5.40. The molecule has 1 heterocycles. The van der Waals surface area contributed by atoms with Gasteiger partial charge >= 0.3 is 0 Å². The zero-order valence-electron chi connectivity index (χ0n) is 7.72. The number of hydrogen-bond acceptors (Lipinski definition) is 2. The summed E-state index contributed by atoms with van der Waals surface area (Å²) in [6, 6.07) is 0.576. The highest BCUT2D eigenvalue weighted by Crippen LogP contribution is 2.08. The molecule has 70 valence electrons. The van der Waals surface area contributed by atoms with Crippen molar-refractivity contribution in [2.45, 2.75) is 31.7 Å². The van der Waals surface area contributed by atoms with E-state index < -0.39 is 0 Å². The van der Waals surface area contributed by atoms with Gasteiger partial charge in [0.1, 0.15) is 0 Å². The van der Waals surface area contributed by atoms with Crippen LogP contribution >= 0.6 is 0 Å². The van der Waals surface area contributed by atoms with Crippen molar-refractivity contribution >= 4 is 0 Å². The molecule has 2 heteroatoms. The molecular formula is C10H19NO. The molecule has 1 N–H and O–H groups in total. The Morgan fingerprint density at radius 2 is 2.33 bits per heavy atom. The molecule has 1 aliphatic rings. The van der Waals surface area contributed by atoms with Gasteiger partial charge in [-0.1, -0.05) is 18.9 Å². The summed E-state index contributed by atoms with van der Waals surface area (Å²) in [5.74, 6) is 0. The van der Waals surface area contributed by atoms with Crippen LogP contribution in [0.15, 0.2) is 12.7 Å². The number of nitrogens with one attached hydrogen (secondary N) is 1. The van der Waals surface area contributed by atoms with E-state index in [9.17, 15) is 0 Å². The molecule has 2 nitrogen and oxygen atoms in total. The van der Waals surface area contributed by atoms with E-state index in [0.29, 0.717) is 12.6 Å². The Balaban J connectivity index is 2.07. The lowest BCUT2D eigenvalue weighted by Crippen LogP contribution is -2.32. The van der Waals surface area contributed by atoms with Crippen molar-refractivity contribution in [3.8, 4) is 0 Å². The van der Waals surface area contributed by atoms with Crippen LogP contribution in [0.3, 0.4) is 0 Å². The van der Waals surface area contributed by atoms with Crippen LogP contribution in [0.4, 0.5) is 0 Å². The van der Waals surface area contributed by atoms with E-state index in [0.717, 1.165) is 13.2 Å². The number of rotatable bonds is 4. The lowest BCUT2D eigenvalue weighted by atomic mass is 10.1. The Kier molecular flexibility index (Phi) is 5.04. The van der Waals surface area contributed by atoms with Crippen molar-refractivity contribution in [3.63, 3.8) is 0 Å². The van der Waals surface area contributed by atoms with Gasteiger partial charge in [-0.25, -0.2) is 0 Å². The maximum Gasteiger partial charge on any atom is 0.0645 e. The average Bonchev–Trinajstić information content (AvgIpc) is 2.33. The van der Waals surface area contributed by atoms with Crippen molar-refractivity contribution in [2.75, 3.05) is 19.8 Å². The molecule has 0 saturated carbocycles. The second-order valence-electron chi connectivity index (χ2n) is 3.33.